The van der Waals surface area contributed by atoms with Gasteiger partial charge in [0.1, 0.15) is 4.33 Å². The topological polar surface area (TPSA) is 37.8 Å². The summed E-state index contributed by atoms with van der Waals surface area (Å²) >= 11 is 11.7. The molecule has 13 heavy (non-hydrogen) atoms. The molecule has 1 fully saturated rings. The van der Waals surface area contributed by atoms with Crippen LogP contribution in [0.15, 0.2) is 18.5 Å². The monoisotopic (exact) mass is 217 g/mol. The Morgan fingerprint density at radius 1 is 1.31 bits per heavy atom. The van der Waals surface area contributed by atoms with Gasteiger partial charge in [0.05, 0.1) is 0 Å². The first-order chi connectivity index (χ1) is 6.16. The van der Waals surface area contributed by atoms with Gasteiger partial charge in [-0.3, -0.25) is 0 Å². The van der Waals surface area contributed by atoms with Crippen molar-refractivity contribution in [2.24, 2.45) is 0 Å². The van der Waals surface area contributed by atoms with Gasteiger partial charge in [0.15, 0.2) is 0 Å². The van der Waals surface area contributed by atoms with E-state index in [0.717, 1.165) is 12.8 Å². The molecule has 0 saturated heterocycles. The van der Waals surface area contributed by atoms with Crippen molar-refractivity contribution in [3.63, 3.8) is 0 Å². The number of aromatic nitrogens is 2. The molecule has 0 radical (unpaired) electrons. The molecular formula is C8H9Cl2N3. The van der Waals surface area contributed by atoms with Crippen LogP contribution in [0.2, 0.25) is 0 Å². The average Bonchev–Trinajstić information content (AvgIpc) is 2.03. The molecule has 5 heteroatoms. The van der Waals surface area contributed by atoms with E-state index < -0.39 is 4.33 Å². The van der Waals surface area contributed by atoms with Crippen LogP contribution >= 0.6 is 23.2 Å². The molecule has 0 amide bonds. The predicted octanol–water partition coefficient (Wildman–Crippen LogP) is 2.22. The summed E-state index contributed by atoms with van der Waals surface area (Å²) in [5.41, 5.74) is 0. The van der Waals surface area contributed by atoms with Crippen LogP contribution in [-0.4, -0.2) is 20.3 Å². The Morgan fingerprint density at radius 2 is 1.92 bits per heavy atom. The number of alkyl halides is 2. The van der Waals surface area contributed by atoms with Gasteiger partial charge in [-0.2, -0.15) is 0 Å². The maximum absolute atomic E-state index is 5.85. The molecule has 1 heterocycles. The maximum atomic E-state index is 5.85. The SMILES string of the molecule is ClC1(Cl)CC(Nc2ncccn2)C1. The van der Waals surface area contributed by atoms with Gasteiger partial charge in [0, 0.05) is 31.3 Å². The first-order valence-electron chi connectivity index (χ1n) is 4.07. The summed E-state index contributed by atoms with van der Waals surface area (Å²) in [5.74, 6) is 0.635. The number of halogens is 2. The molecule has 70 valence electrons. The molecule has 0 aromatic carbocycles. The summed E-state index contributed by atoms with van der Waals surface area (Å²) in [7, 11) is 0. The van der Waals surface area contributed by atoms with E-state index in [-0.39, 0.29) is 0 Å². The number of nitrogens with zero attached hydrogens (tertiary/aromatic N) is 2. The van der Waals surface area contributed by atoms with Crippen LogP contribution in [0.5, 0.6) is 0 Å². The van der Waals surface area contributed by atoms with Gasteiger partial charge >= 0.3 is 0 Å². The highest BCUT2D eigenvalue weighted by atomic mass is 35.5. The molecule has 2 rings (SSSR count). The fraction of sp³-hybridized carbons (Fsp3) is 0.500. The highest BCUT2D eigenvalue weighted by Gasteiger charge is 2.41. The molecule has 1 N–H and O–H groups in total. The summed E-state index contributed by atoms with van der Waals surface area (Å²) in [5, 5.41) is 3.14. The van der Waals surface area contributed by atoms with E-state index in [9.17, 15) is 0 Å². The highest BCUT2D eigenvalue weighted by Crippen LogP contribution is 2.43. The van der Waals surface area contributed by atoms with Gasteiger partial charge in [0.2, 0.25) is 5.95 Å². The molecule has 1 aromatic heterocycles. The zero-order chi connectivity index (χ0) is 9.31. The third-order valence-electron chi connectivity index (χ3n) is 1.99. The van der Waals surface area contributed by atoms with E-state index in [4.69, 9.17) is 23.2 Å². The van der Waals surface area contributed by atoms with E-state index in [1.165, 1.54) is 0 Å². The van der Waals surface area contributed by atoms with Crippen molar-refractivity contribution in [1.82, 2.24) is 9.97 Å². The zero-order valence-electron chi connectivity index (χ0n) is 6.87. The van der Waals surface area contributed by atoms with Crippen LogP contribution in [0.4, 0.5) is 5.95 Å². The first-order valence-corrected chi connectivity index (χ1v) is 4.83. The normalized spacial score (nSPS) is 20.8. The Bertz CT molecular complexity index is 281. The quantitative estimate of drug-likeness (QED) is 0.773. The second-order valence-corrected chi connectivity index (χ2v) is 4.82. The fourth-order valence-corrected chi connectivity index (χ4v) is 2.06. The van der Waals surface area contributed by atoms with Gasteiger partial charge in [-0.15, -0.1) is 23.2 Å². The molecule has 1 aliphatic carbocycles. The lowest BCUT2D eigenvalue weighted by Gasteiger charge is -2.38. The number of hydrogen-bond acceptors (Lipinski definition) is 3. The maximum Gasteiger partial charge on any atom is 0.222 e. The van der Waals surface area contributed by atoms with E-state index in [1.54, 1.807) is 18.5 Å². The van der Waals surface area contributed by atoms with Crippen LogP contribution in [-0.2, 0) is 0 Å². The number of anilines is 1. The third kappa shape index (κ3) is 2.23. The third-order valence-corrected chi connectivity index (χ3v) is 2.61. The van der Waals surface area contributed by atoms with E-state index in [1.807, 2.05) is 0 Å². The van der Waals surface area contributed by atoms with Gasteiger partial charge in [-0.25, -0.2) is 9.97 Å². The molecule has 0 atom stereocenters. The predicted molar refractivity (Wildman–Crippen MR) is 53.1 cm³/mol. The lowest BCUT2D eigenvalue weighted by molar-refractivity contribution is 0.412. The van der Waals surface area contributed by atoms with E-state index in [0.29, 0.717) is 12.0 Å². The minimum atomic E-state index is -0.549. The molecule has 1 saturated carbocycles. The van der Waals surface area contributed by atoms with Crippen LogP contribution in [0, 0.1) is 0 Å². The summed E-state index contributed by atoms with van der Waals surface area (Å²) in [4.78, 5) is 8.08. The largest absolute Gasteiger partial charge is 0.351 e. The molecule has 3 nitrogen and oxygen atoms in total. The summed E-state index contributed by atoms with van der Waals surface area (Å²) in [6, 6.07) is 2.08. The second-order valence-electron chi connectivity index (χ2n) is 3.18. The first kappa shape index (κ1) is 9.03. The minimum absolute atomic E-state index is 0.303. The molecule has 0 bridgehead atoms. The molecule has 1 aromatic rings. The molecule has 0 spiro atoms. The van der Waals surface area contributed by atoms with Gasteiger partial charge in [-0.1, -0.05) is 0 Å². The van der Waals surface area contributed by atoms with Crippen molar-refractivity contribution in [1.29, 1.82) is 0 Å². The van der Waals surface area contributed by atoms with Crippen molar-refractivity contribution >= 4 is 29.2 Å². The minimum Gasteiger partial charge on any atom is -0.351 e. The van der Waals surface area contributed by atoms with Crippen molar-refractivity contribution in [2.75, 3.05) is 5.32 Å². The summed E-state index contributed by atoms with van der Waals surface area (Å²) in [6.45, 7) is 0. The van der Waals surface area contributed by atoms with Crippen molar-refractivity contribution in [3.05, 3.63) is 18.5 Å². The number of nitrogens with one attached hydrogen (secondary N) is 1. The van der Waals surface area contributed by atoms with Gasteiger partial charge < -0.3 is 5.32 Å². The smallest absolute Gasteiger partial charge is 0.222 e. The Labute approximate surface area is 86.5 Å². The van der Waals surface area contributed by atoms with Crippen molar-refractivity contribution in [2.45, 2.75) is 23.2 Å². The lowest BCUT2D eigenvalue weighted by Crippen LogP contribution is -2.43. The fourth-order valence-electron chi connectivity index (χ4n) is 1.32. The number of rotatable bonds is 2. The van der Waals surface area contributed by atoms with Gasteiger partial charge in [-0.05, 0) is 6.07 Å². The van der Waals surface area contributed by atoms with Crippen LogP contribution in [0.3, 0.4) is 0 Å². The Hall–Kier alpha value is -0.540. The van der Waals surface area contributed by atoms with E-state index in [2.05, 4.69) is 15.3 Å². The van der Waals surface area contributed by atoms with Crippen LogP contribution in [0.25, 0.3) is 0 Å². The molecule has 0 aliphatic heterocycles. The average molecular weight is 218 g/mol. The lowest BCUT2D eigenvalue weighted by atomic mass is 9.92. The van der Waals surface area contributed by atoms with Gasteiger partial charge in [0.25, 0.3) is 0 Å². The Balaban J connectivity index is 1.88. The Morgan fingerprint density at radius 3 is 2.46 bits per heavy atom. The molecule has 0 unspecified atom stereocenters. The number of hydrogen-bond donors (Lipinski definition) is 1. The van der Waals surface area contributed by atoms with E-state index >= 15 is 0 Å². The Kier molecular flexibility index (Phi) is 2.30. The van der Waals surface area contributed by atoms with Crippen molar-refractivity contribution in [3.8, 4) is 0 Å². The summed E-state index contributed by atoms with van der Waals surface area (Å²) < 4.78 is -0.549. The molecular weight excluding hydrogens is 209 g/mol. The summed E-state index contributed by atoms with van der Waals surface area (Å²) in [6.07, 6.45) is 4.88. The molecule has 1 aliphatic rings. The van der Waals surface area contributed by atoms with Crippen LogP contribution < -0.4 is 5.32 Å². The second kappa shape index (κ2) is 3.31. The zero-order valence-corrected chi connectivity index (χ0v) is 8.39. The van der Waals surface area contributed by atoms with Crippen molar-refractivity contribution < 1.29 is 0 Å². The standard InChI is InChI=1S/C8H9Cl2N3/c9-8(10)4-6(5-8)13-7-11-2-1-3-12-7/h1-3,6H,4-5H2,(H,11,12,13). The highest BCUT2D eigenvalue weighted by molar-refractivity contribution is 6.49. The van der Waals surface area contributed by atoms with Crippen LogP contribution in [0.1, 0.15) is 12.8 Å².